The first-order chi connectivity index (χ1) is 9.58. The van der Waals surface area contributed by atoms with Crippen molar-refractivity contribution in [2.75, 3.05) is 0 Å². The summed E-state index contributed by atoms with van der Waals surface area (Å²) in [6.45, 7) is 0. The maximum absolute atomic E-state index is 13.0. The third-order valence-corrected chi connectivity index (χ3v) is 2.51. The van der Waals surface area contributed by atoms with Crippen molar-refractivity contribution in [1.29, 1.82) is 0 Å². The van der Waals surface area contributed by atoms with Crippen molar-refractivity contribution in [2.45, 2.75) is 0 Å². The second-order valence-electron chi connectivity index (χ2n) is 3.90. The van der Waals surface area contributed by atoms with Crippen LogP contribution in [-0.2, 0) is 0 Å². The fraction of sp³-hybridized carbons (Fsp3) is 0. The summed E-state index contributed by atoms with van der Waals surface area (Å²) < 4.78 is 25.7. The minimum atomic E-state index is -1.13. The largest absolute Gasteiger partial charge is 0.269 e. The Morgan fingerprint density at radius 1 is 0.750 bits per heavy atom. The van der Waals surface area contributed by atoms with Crippen molar-refractivity contribution in [2.24, 2.45) is 0 Å². The van der Waals surface area contributed by atoms with Gasteiger partial charge in [-0.05, 0) is 30.3 Å². The Kier molecular flexibility index (Phi) is 4.05. The standard InChI is InChI=1S/C14H10F2N2O2/c15-11-7-6-10(8-12(11)16)14(20)18-17-13(19)9-4-2-1-3-5-9/h1-8H,(H,17,19)(H,18,20). The summed E-state index contributed by atoms with van der Waals surface area (Å²) in [5.74, 6) is -3.43. The summed E-state index contributed by atoms with van der Waals surface area (Å²) >= 11 is 0. The highest BCUT2D eigenvalue weighted by Crippen LogP contribution is 2.08. The van der Waals surface area contributed by atoms with Gasteiger partial charge in [0.2, 0.25) is 0 Å². The fourth-order valence-corrected chi connectivity index (χ4v) is 1.48. The Labute approximate surface area is 113 Å². The second kappa shape index (κ2) is 5.92. The summed E-state index contributed by atoms with van der Waals surface area (Å²) in [5, 5.41) is 0. The summed E-state index contributed by atoms with van der Waals surface area (Å²) in [6, 6.07) is 10.9. The predicted molar refractivity (Wildman–Crippen MR) is 67.7 cm³/mol. The second-order valence-corrected chi connectivity index (χ2v) is 3.90. The van der Waals surface area contributed by atoms with Crippen LogP contribution in [0, 0.1) is 11.6 Å². The van der Waals surface area contributed by atoms with Gasteiger partial charge in [-0.15, -0.1) is 0 Å². The lowest BCUT2D eigenvalue weighted by atomic mass is 10.2. The Balaban J connectivity index is 1.98. The molecule has 20 heavy (non-hydrogen) atoms. The van der Waals surface area contributed by atoms with E-state index >= 15 is 0 Å². The van der Waals surface area contributed by atoms with E-state index in [2.05, 4.69) is 10.9 Å². The van der Waals surface area contributed by atoms with E-state index < -0.39 is 23.4 Å². The van der Waals surface area contributed by atoms with Crippen LogP contribution in [0.5, 0.6) is 0 Å². The Bertz CT molecular complexity index is 645. The van der Waals surface area contributed by atoms with Gasteiger partial charge in [0.25, 0.3) is 11.8 Å². The number of benzene rings is 2. The van der Waals surface area contributed by atoms with Crippen LogP contribution < -0.4 is 10.9 Å². The van der Waals surface area contributed by atoms with E-state index in [0.717, 1.165) is 18.2 Å². The smallest absolute Gasteiger partial charge is 0.267 e. The molecule has 102 valence electrons. The molecule has 2 amide bonds. The highest BCUT2D eigenvalue weighted by atomic mass is 19.2. The average molecular weight is 276 g/mol. The third-order valence-electron chi connectivity index (χ3n) is 2.51. The molecule has 2 aromatic carbocycles. The van der Waals surface area contributed by atoms with Crippen LogP contribution in [0.2, 0.25) is 0 Å². The summed E-state index contributed by atoms with van der Waals surface area (Å²) in [5.41, 5.74) is 4.55. The molecule has 0 radical (unpaired) electrons. The van der Waals surface area contributed by atoms with Gasteiger partial charge in [-0.25, -0.2) is 8.78 Å². The van der Waals surface area contributed by atoms with E-state index in [4.69, 9.17) is 0 Å². The zero-order valence-electron chi connectivity index (χ0n) is 10.2. The van der Waals surface area contributed by atoms with Crippen molar-refractivity contribution in [3.05, 3.63) is 71.3 Å². The molecule has 0 unspecified atom stereocenters. The van der Waals surface area contributed by atoms with Crippen LogP contribution in [-0.4, -0.2) is 11.8 Å². The number of nitrogens with one attached hydrogen (secondary N) is 2. The Morgan fingerprint density at radius 3 is 1.95 bits per heavy atom. The predicted octanol–water partition coefficient (Wildman–Crippen LogP) is 2.04. The highest BCUT2D eigenvalue weighted by molar-refractivity contribution is 5.98. The fourth-order valence-electron chi connectivity index (χ4n) is 1.48. The molecular formula is C14H10F2N2O2. The highest BCUT2D eigenvalue weighted by Gasteiger charge is 2.11. The molecule has 0 saturated heterocycles. The third kappa shape index (κ3) is 3.17. The molecule has 4 nitrogen and oxygen atoms in total. The molecule has 0 saturated carbocycles. The Morgan fingerprint density at radius 2 is 1.35 bits per heavy atom. The molecule has 2 N–H and O–H groups in total. The van der Waals surface area contributed by atoms with Gasteiger partial charge < -0.3 is 0 Å². The van der Waals surface area contributed by atoms with E-state index in [1.165, 1.54) is 0 Å². The molecule has 0 aromatic heterocycles. The zero-order chi connectivity index (χ0) is 14.5. The van der Waals surface area contributed by atoms with Crippen LogP contribution in [0.1, 0.15) is 20.7 Å². The molecule has 0 aliphatic heterocycles. The minimum Gasteiger partial charge on any atom is -0.267 e. The first kappa shape index (κ1) is 13.7. The molecule has 0 atom stereocenters. The number of rotatable bonds is 2. The van der Waals surface area contributed by atoms with Crippen molar-refractivity contribution in [3.8, 4) is 0 Å². The minimum absolute atomic E-state index is 0.0998. The number of hydrogen-bond acceptors (Lipinski definition) is 2. The summed E-state index contributed by atoms with van der Waals surface area (Å²) in [7, 11) is 0. The van der Waals surface area contributed by atoms with Gasteiger partial charge in [-0.2, -0.15) is 0 Å². The van der Waals surface area contributed by atoms with Crippen molar-refractivity contribution in [3.63, 3.8) is 0 Å². The number of halogens is 2. The molecule has 0 spiro atoms. The van der Waals surface area contributed by atoms with Gasteiger partial charge in [0, 0.05) is 11.1 Å². The van der Waals surface area contributed by atoms with Crippen molar-refractivity contribution < 1.29 is 18.4 Å². The maximum Gasteiger partial charge on any atom is 0.269 e. The normalized spacial score (nSPS) is 9.90. The van der Waals surface area contributed by atoms with Gasteiger partial charge in [-0.3, -0.25) is 20.4 Å². The van der Waals surface area contributed by atoms with E-state index in [9.17, 15) is 18.4 Å². The van der Waals surface area contributed by atoms with Gasteiger partial charge in [0.15, 0.2) is 11.6 Å². The molecule has 0 fully saturated rings. The first-order valence-electron chi connectivity index (χ1n) is 5.68. The van der Waals surface area contributed by atoms with Gasteiger partial charge in [0.1, 0.15) is 0 Å². The quantitative estimate of drug-likeness (QED) is 0.825. The number of hydrogen-bond donors (Lipinski definition) is 2. The molecule has 0 aliphatic rings. The van der Waals surface area contributed by atoms with Crippen LogP contribution in [0.25, 0.3) is 0 Å². The van der Waals surface area contributed by atoms with E-state index in [1.807, 2.05) is 0 Å². The molecule has 0 heterocycles. The molecule has 2 aromatic rings. The first-order valence-corrected chi connectivity index (χ1v) is 5.68. The number of hydrazine groups is 1. The topological polar surface area (TPSA) is 58.2 Å². The lowest BCUT2D eigenvalue weighted by Crippen LogP contribution is -2.41. The maximum atomic E-state index is 13.0. The van der Waals surface area contributed by atoms with Crippen LogP contribution in [0.4, 0.5) is 8.78 Å². The van der Waals surface area contributed by atoms with E-state index in [-0.39, 0.29) is 5.56 Å². The Hall–Kier alpha value is -2.76. The van der Waals surface area contributed by atoms with Crippen molar-refractivity contribution >= 4 is 11.8 Å². The van der Waals surface area contributed by atoms with Gasteiger partial charge >= 0.3 is 0 Å². The lowest BCUT2D eigenvalue weighted by Gasteiger charge is -2.07. The summed E-state index contributed by atoms with van der Waals surface area (Å²) in [4.78, 5) is 23.3. The van der Waals surface area contributed by atoms with Gasteiger partial charge in [0.05, 0.1) is 0 Å². The average Bonchev–Trinajstić information content (AvgIpc) is 2.48. The molecular weight excluding hydrogens is 266 g/mol. The number of carbonyl (C=O) groups excluding carboxylic acids is 2. The number of amides is 2. The SMILES string of the molecule is O=C(NNC(=O)c1ccc(F)c(F)c1)c1ccccc1. The monoisotopic (exact) mass is 276 g/mol. The molecule has 0 aliphatic carbocycles. The van der Waals surface area contributed by atoms with Crippen molar-refractivity contribution in [1.82, 2.24) is 10.9 Å². The zero-order valence-corrected chi connectivity index (χ0v) is 10.2. The van der Waals surface area contributed by atoms with Crippen LogP contribution >= 0.6 is 0 Å². The summed E-state index contributed by atoms with van der Waals surface area (Å²) in [6.07, 6.45) is 0. The van der Waals surface area contributed by atoms with Crippen LogP contribution in [0.15, 0.2) is 48.5 Å². The van der Waals surface area contributed by atoms with Gasteiger partial charge in [-0.1, -0.05) is 18.2 Å². The number of carbonyl (C=O) groups is 2. The van der Waals surface area contributed by atoms with E-state index in [1.54, 1.807) is 30.3 Å². The molecule has 2 rings (SSSR count). The molecule has 0 bridgehead atoms. The lowest BCUT2D eigenvalue weighted by molar-refractivity contribution is 0.0846. The van der Waals surface area contributed by atoms with Crippen LogP contribution in [0.3, 0.4) is 0 Å². The van der Waals surface area contributed by atoms with E-state index in [0.29, 0.717) is 5.56 Å². The molecule has 6 heteroatoms.